The van der Waals surface area contributed by atoms with E-state index in [9.17, 15) is 5.11 Å². The van der Waals surface area contributed by atoms with Gasteiger partial charge in [-0.25, -0.2) is 0 Å². The van der Waals surface area contributed by atoms with Gasteiger partial charge in [0.15, 0.2) is 0 Å². The van der Waals surface area contributed by atoms with Crippen LogP contribution in [0.15, 0.2) is 24.3 Å². The minimum atomic E-state index is -0.135. The molecule has 0 spiro atoms. The Morgan fingerprint density at radius 1 is 1.50 bits per heavy atom. The van der Waals surface area contributed by atoms with Crippen LogP contribution in [-0.4, -0.2) is 24.9 Å². The van der Waals surface area contributed by atoms with Crippen molar-refractivity contribution in [2.75, 3.05) is 19.8 Å². The first kappa shape index (κ1) is 11.4. The number of benzene rings is 1. The highest BCUT2D eigenvalue weighted by Crippen LogP contribution is 2.43. The molecule has 0 radical (unpaired) electrons. The maximum atomic E-state index is 9.26. The van der Waals surface area contributed by atoms with Crippen LogP contribution in [0.2, 0.25) is 0 Å². The molecule has 2 rings (SSSR count). The van der Waals surface area contributed by atoms with Crippen LogP contribution in [0.4, 0.5) is 0 Å². The maximum absolute atomic E-state index is 9.26. The fraction of sp³-hybridized carbons (Fsp3) is 0.538. The summed E-state index contributed by atoms with van der Waals surface area (Å²) in [7, 11) is 0. The second kappa shape index (κ2) is 4.44. The minimum Gasteiger partial charge on any atom is -0.493 e. The van der Waals surface area contributed by atoms with E-state index in [1.165, 1.54) is 0 Å². The first-order chi connectivity index (χ1) is 7.74. The van der Waals surface area contributed by atoms with E-state index in [2.05, 4.69) is 13.0 Å². The number of aliphatic hydroxyl groups excluding tert-OH is 1. The number of hydrogen-bond acceptors (Lipinski definition) is 3. The Kier molecular flexibility index (Phi) is 3.17. The van der Waals surface area contributed by atoms with Gasteiger partial charge in [0.05, 0.1) is 6.61 Å². The first-order valence-electron chi connectivity index (χ1n) is 5.78. The van der Waals surface area contributed by atoms with Gasteiger partial charge >= 0.3 is 0 Å². The van der Waals surface area contributed by atoms with Crippen molar-refractivity contribution in [1.29, 1.82) is 0 Å². The van der Waals surface area contributed by atoms with Gasteiger partial charge in [-0.3, -0.25) is 0 Å². The summed E-state index contributed by atoms with van der Waals surface area (Å²) < 4.78 is 5.70. The van der Waals surface area contributed by atoms with Gasteiger partial charge in [0.1, 0.15) is 5.75 Å². The predicted octanol–water partition coefficient (Wildman–Crippen LogP) is 1.29. The lowest BCUT2D eigenvalue weighted by molar-refractivity contribution is 0.117. The fourth-order valence-corrected chi connectivity index (χ4v) is 2.64. The molecule has 2 unspecified atom stereocenters. The minimum absolute atomic E-state index is 0.135. The van der Waals surface area contributed by atoms with Gasteiger partial charge in [0, 0.05) is 30.0 Å². The lowest BCUT2D eigenvalue weighted by Gasteiger charge is -2.43. The van der Waals surface area contributed by atoms with Gasteiger partial charge in [0.2, 0.25) is 0 Å². The van der Waals surface area contributed by atoms with Crippen LogP contribution >= 0.6 is 0 Å². The van der Waals surface area contributed by atoms with E-state index in [4.69, 9.17) is 10.5 Å². The Balaban J connectivity index is 2.49. The van der Waals surface area contributed by atoms with Gasteiger partial charge in [-0.05, 0) is 12.5 Å². The van der Waals surface area contributed by atoms with Gasteiger partial charge < -0.3 is 15.6 Å². The summed E-state index contributed by atoms with van der Waals surface area (Å²) >= 11 is 0. The Morgan fingerprint density at radius 3 is 2.94 bits per heavy atom. The molecule has 0 bridgehead atoms. The quantitative estimate of drug-likeness (QED) is 0.808. The van der Waals surface area contributed by atoms with E-state index in [-0.39, 0.29) is 12.0 Å². The van der Waals surface area contributed by atoms with E-state index < -0.39 is 0 Å². The summed E-state index contributed by atoms with van der Waals surface area (Å²) in [5.74, 6) is 1.25. The Hall–Kier alpha value is -1.06. The molecule has 0 amide bonds. The molecule has 0 aliphatic carbocycles. The number of ether oxygens (including phenoxy) is 1. The molecule has 1 heterocycles. The summed E-state index contributed by atoms with van der Waals surface area (Å²) in [5.41, 5.74) is 6.97. The standard InChI is InChI=1S/C13H19NO2/c1-10-8-16-12-5-3-2-4-11(12)13(10,9-14)6-7-15/h2-5,10,15H,6-9,14H2,1H3. The van der Waals surface area contributed by atoms with Crippen LogP contribution in [0.3, 0.4) is 0 Å². The van der Waals surface area contributed by atoms with Crippen molar-refractivity contribution in [3.8, 4) is 5.75 Å². The van der Waals surface area contributed by atoms with Gasteiger partial charge in [0.25, 0.3) is 0 Å². The van der Waals surface area contributed by atoms with Crippen LogP contribution in [0.5, 0.6) is 5.75 Å². The Labute approximate surface area is 96.2 Å². The Morgan fingerprint density at radius 2 is 2.25 bits per heavy atom. The molecular formula is C13H19NO2. The Bertz CT molecular complexity index is 367. The van der Waals surface area contributed by atoms with Gasteiger partial charge in [-0.2, -0.15) is 0 Å². The molecule has 1 aliphatic rings. The molecule has 16 heavy (non-hydrogen) atoms. The average Bonchev–Trinajstić information content (AvgIpc) is 2.33. The van der Waals surface area contributed by atoms with Crippen molar-refractivity contribution >= 4 is 0 Å². The molecule has 0 aromatic heterocycles. The van der Waals surface area contributed by atoms with E-state index in [1.54, 1.807) is 0 Å². The zero-order valence-corrected chi connectivity index (χ0v) is 9.65. The summed E-state index contributed by atoms with van der Waals surface area (Å²) in [5, 5.41) is 9.26. The third-order valence-corrected chi connectivity index (χ3v) is 3.78. The number of fused-ring (bicyclic) bond motifs is 1. The van der Waals surface area contributed by atoms with E-state index in [0.29, 0.717) is 25.5 Å². The highest BCUT2D eigenvalue weighted by Gasteiger charge is 2.41. The number of aliphatic hydroxyl groups is 1. The molecule has 0 saturated heterocycles. The third kappa shape index (κ3) is 1.60. The molecule has 3 nitrogen and oxygen atoms in total. The molecule has 0 saturated carbocycles. The number of nitrogens with two attached hydrogens (primary N) is 1. The van der Waals surface area contributed by atoms with Crippen LogP contribution in [0.25, 0.3) is 0 Å². The molecular weight excluding hydrogens is 202 g/mol. The van der Waals surface area contributed by atoms with Crippen molar-refractivity contribution in [2.45, 2.75) is 18.8 Å². The summed E-state index contributed by atoms with van der Waals surface area (Å²) in [6.45, 7) is 3.53. The highest BCUT2D eigenvalue weighted by molar-refractivity contribution is 5.42. The molecule has 1 aliphatic heterocycles. The molecule has 88 valence electrons. The zero-order valence-electron chi connectivity index (χ0n) is 9.65. The molecule has 3 N–H and O–H groups in total. The largest absolute Gasteiger partial charge is 0.493 e. The number of hydrogen-bond donors (Lipinski definition) is 2. The van der Waals surface area contributed by atoms with Gasteiger partial charge in [-0.15, -0.1) is 0 Å². The number of para-hydroxylation sites is 1. The summed E-state index contributed by atoms with van der Waals surface area (Å²) in [6, 6.07) is 8.01. The van der Waals surface area contributed by atoms with Crippen molar-refractivity contribution < 1.29 is 9.84 Å². The van der Waals surface area contributed by atoms with Crippen molar-refractivity contribution in [3.05, 3.63) is 29.8 Å². The molecule has 2 atom stereocenters. The molecule has 1 aromatic rings. The van der Waals surface area contributed by atoms with Crippen molar-refractivity contribution in [2.24, 2.45) is 11.7 Å². The second-order valence-electron chi connectivity index (χ2n) is 4.54. The van der Waals surface area contributed by atoms with Crippen LogP contribution in [0, 0.1) is 5.92 Å². The predicted molar refractivity (Wildman–Crippen MR) is 63.5 cm³/mol. The van der Waals surface area contributed by atoms with E-state index >= 15 is 0 Å². The normalized spacial score (nSPS) is 28.3. The lowest BCUT2D eigenvalue weighted by atomic mass is 9.67. The first-order valence-corrected chi connectivity index (χ1v) is 5.78. The van der Waals surface area contributed by atoms with E-state index in [1.807, 2.05) is 18.2 Å². The van der Waals surface area contributed by atoms with Crippen LogP contribution in [-0.2, 0) is 5.41 Å². The fourth-order valence-electron chi connectivity index (χ4n) is 2.64. The lowest BCUT2D eigenvalue weighted by Crippen LogP contribution is -2.47. The molecule has 0 fully saturated rings. The zero-order chi connectivity index (χ0) is 11.6. The SMILES string of the molecule is CC1COc2ccccc2C1(CN)CCO. The summed E-state index contributed by atoms with van der Waals surface area (Å²) in [4.78, 5) is 0. The maximum Gasteiger partial charge on any atom is 0.123 e. The van der Waals surface area contributed by atoms with Crippen LogP contribution in [0.1, 0.15) is 18.9 Å². The average molecular weight is 221 g/mol. The van der Waals surface area contributed by atoms with Crippen LogP contribution < -0.4 is 10.5 Å². The topological polar surface area (TPSA) is 55.5 Å². The monoisotopic (exact) mass is 221 g/mol. The van der Waals surface area contributed by atoms with Crippen molar-refractivity contribution in [3.63, 3.8) is 0 Å². The number of rotatable bonds is 3. The van der Waals surface area contributed by atoms with E-state index in [0.717, 1.165) is 11.3 Å². The van der Waals surface area contributed by atoms with Crippen molar-refractivity contribution in [1.82, 2.24) is 0 Å². The third-order valence-electron chi connectivity index (χ3n) is 3.78. The summed E-state index contributed by atoms with van der Waals surface area (Å²) in [6.07, 6.45) is 0.699. The molecule has 1 aromatic carbocycles. The smallest absolute Gasteiger partial charge is 0.123 e. The van der Waals surface area contributed by atoms with Gasteiger partial charge in [-0.1, -0.05) is 25.1 Å². The second-order valence-corrected chi connectivity index (χ2v) is 4.54. The molecule has 3 heteroatoms. The highest BCUT2D eigenvalue weighted by atomic mass is 16.5.